The van der Waals surface area contributed by atoms with Crippen LogP contribution in [0.4, 0.5) is 23.0 Å². The lowest BCUT2D eigenvalue weighted by atomic mass is 10.1. The van der Waals surface area contributed by atoms with Crippen LogP contribution >= 0.6 is 0 Å². The number of carbonyl (C=O) groups is 2. The third kappa shape index (κ3) is 7.15. The highest BCUT2D eigenvalue weighted by Gasteiger charge is 2.20. The number of anilines is 4. The summed E-state index contributed by atoms with van der Waals surface area (Å²) in [6.07, 6.45) is 2.66. The smallest absolute Gasteiger partial charge is 0.322 e. The van der Waals surface area contributed by atoms with Crippen LogP contribution in [0.2, 0.25) is 0 Å². The van der Waals surface area contributed by atoms with Gasteiger partial charge in [0.15, 0.2) is 0 Å². The maximum atomic E-state index is 12.8. The number of amides is 1. The number of carboxylic acid groups (broad SMARTS) is 1. The van der Waals surface area contributed by atoms with Gasteiger partial charge in [-0.15, -0.1) is 0 Å². The van der Waals surface area contributed by atoms with Crippen molar-refractivity contribution >= 4 is 44.9 Å². The molecule has 0 bridgehead atoms. The Labute approximate surface area is 213 Å². The van der Waals surface area contributed by atoms with Crippen LogP contribution in [0.3, 0.4) is 0 Å². The predicted molar refractivity (Wildman–Crippen MR) is 139 cm³/mol. The van der Waals surface area contributed by atoms with Crippen molar-refractivity contribution < 1.29 is 27.9 Å². The fourth-order valence-corrected chi connectivity index (χ4v) is 4.32. The monoisotopic (exact) mass is 526 g/mol. The number of ether oxygens (including phenoxy) is 1. The first kappa shape index (κ1) is 25.9. The van der Waals surface area contributed by atoms with E-state index in [0.29, 0.717) is 54.6 Å². The molecule has 4 rings (SSSR count). The van der Waals surface area contributed by atoms with Crippen molar-refractivity contribution in [2.45, 2.75) is 0 Å². The second kappa shape index (κ2) is 11.2. The van der Waals surface area contributed by atoms with Crippen molar-refractivity contribution in [1.82, 2.24) is 15.3 Å². The largest absolute Gasteiger partial charge is 0.480 e. The summed E-state index contributed by atoms with van der Waals surface area (Å²) >= 11 is 0. The van der Waals surface area contributed by atoms with Crippen LogP contribution in [0, 0.1) is 0 Å². The fourth-order valence-electron chi connectivity index (χ4n) is 3.76. The van der Waals surface area contributed by atoms with Crippen molar-refractivity contribution in [3.05, 3.63) is 60.3 Å². The Kier molecular flexibility index (Phi) is 7.84. The van der Waals surface area contributed by atoms with E-state index in [9.17, 15) is 18.0 Å². The molecule has 0 radical (unpaired) electrons. The summed E-state index contributed by atoms with van der Waals surface area (Å²) in [7, 11) is -3.38. The minimum absolute atomic E-state index is 0.284. The molecule has 1 amide bonds. The number of benzene rings is 2. The third-order valence-electron chi connectivity index (χ3n) is 5.39. The standard InChI is InChI=1S/C24H26N6O6S/c1-37(34,35)29-17-4-2-16(3-5-17)20-8-9-25-24(28-20)27-18-6-7-21(30-10-12-36-13-11-30)19(14-18)23(33)26-15-22(31)32/h2-9,14,29H,10-13,15H2,1H3,(H,26,33)(H,31,32)(H,25,27,28). The van der Waals surface area contributed by atoms with Crippen molar-refractivity contribution in [3.63, 3.8) is 0 Å². The van der Waals surface area contributed by atoms with E-state index in [1.807, 2.05) is 4.90 Å². The summed E-state index contributed by atoms with van der Waals surface area (Å²) in [5.74, 6) is -1.36. The quantitative estimate of drug-likeness (QED) is 0.324. The number of rotatable bonds is 9. The Hall–Kier alpha value is -4.23. The average Bonchev–Trinajstić information content (AvgIpc) is 2.87. The SMILES string of the molecule is CS(=O)(=O)Nc1ccc(-c2ccnc(Nc3ccc(N4CCOCC4)c(C(=O)NCC(=O)O)c3)n2)cc1. The molecule has 13 heteroatoms. The summed E-state index contributed by atoms with van der Waals surface area (Å²) in [6.45, 7) is 1.78. The number of aliphatic carboxylic acids is 1. The van der Waals surface area contributed by atoms with Gasteiger partial charge in [0, 0.05) is 41.9 Å². The maximum Gasteiger partial charge on any atom is 0.322 e. The molecule has 0 spiro atoms. The second-order valence-electron chi connectivity index (χ2n) is 8.25. The number of carboxylic acids is 1. The average molecular weight is 527 g/mol. The van der Waals surface area contributed by atoms with Gasteiger partial charge in [-0.2, -0.15) is 0 Å². The van der Waals surface area contributed by atoms with E-state index in [-0.39, 0.29) is 5.95 Å². The van der Waals surface area contributed by atoms with Crippen LogP contribution in [0.15, 0.2) is 54.7 Å². The van der Waals surface area contributed by atoms with Crippen LogP contribution in [0.1, 0.15) is 10.4 Å². The van der Waals surface area contributed by atoms with Gasteiger partial charge in [-0.25, -0.2) is 18.4 Å². The molecule has 37 heavy (non-hydrogen) atoms. The lowest BCUT2D eigenvalue weighted by molar-refractivity contribution is -0.135. The summed E-state index contributed by atoms with van der Waals surface area (Å²) in [4.78, 5) is 34.6. The van der Waals surface area contributed by atoms with E-state index in [1.54, 1.807) is 54.7 Å². The van der Waals surface area contributed by atoms with Gasteiger partial charge >= 0.3 is 5.97 Å². The predicted octanol–water partition coefficient (Wildman–Crippen LogP) is 1.91. The zero-order valence-corrected chi connectivity index (χ0v) is 20.8. The highest BCUT2D eigenvalue weighted by molar-refractivity contribution is 7.92. The first-order chi connectivity index (χ1) is 17.7. The minimum Gasteiger partial charge on any atom is -0.480 e. The Bertz CT molecular complexity index is 1390. The topological polar surface area (TPSA) is 163 Å². The molecule has 2 heterocycles. The van der Waals surface area contributed by atoms with E-state index in [1.165, 1.54) is 0 Å². The third-order valence-corrected chi connectivity index (χ3v) is 6.00. The van der Waals surface area contributed by atoms with Crippen molar-refractivity contribution in [3.8, 4) is 11.3 Å². The second-order valence-corrected chi connectivity index (χ2v) is 10.00. The molecule has 2 aromatic carbocycles. The van der Waals surface area contributed by atoms with E-state index in [0.717, 1.165) is 11.8 Å². The molecule has 3 aromatic rings. The van der Waals surface area contributed by atoms with E-state index in [4.69, 9.17) is 9.84 Å². The highest BCUT2D eigenvalue weighted by atomic mass is 32.2. The van der Waals surface area contributed by atoms with E-state index >= 15 is 0 Å². The van der Waals surface area contributed by atoms with Gasteiger partial charge in [0.2, 0.25) is 16.0 Å². The Morgan fingerprint density at radius 2 is 1.76 bits per heavy atom. The summed E-state index contributed by atoms with van der Waals surface area (Å²) in [6, 6.07) is 13.7. The van der Waals surface area contributed by atoms with Gasteiger partial charge in [0.1, 0.15) is 6.54 Å². The van der Waals surface area contributed by atoms with Crippen LogP contribution in [-0.2, 0) is 19.6 Å². The molecule has 1 aliphatic rings. The molecule has 0 atom stereocenters. The van der Waals surface area contributed by atoms with Gasteiger partial charge in [0.25, 0.3) is 5.91 Å². The number of aromatic nitrogens is 2. The summed E-state index contributed by atoms with van der Waals surface area (Å²) in [5, 5.41) is 14.5. The number of carbonyl (C=O) groups excluding carboxylic acids is 1. The van der Waals surface area contributed by atoms with Gasteiger partial charge < -0.3 is 25.4 Å². The number of morpholine rings is 1. The molecule has 12 nitrogen and oxygen atoms in total. The van der Waals surface area contributed by atoms with Crippen molar-refractivity contribution in [2.75, 3.05) is 54.0 Å². The number of nitrogens with zero attached hydrogens (tertiary/aromatic N) is 3. The Balaban J connectivity index is 1.57. The van der Waals surface area contributed by atoms with Crippen LogP contribution < -0.4 is 20.3 Å². The molecular weight excluding hydrogens is 500 g/mol. The van der Waals surface area contributed by atoms with Crippen LogP contribution in [-0.4, -0.2) is 74.5 Å². The van der Waals surface area contributed by atoms with E-state index in [2.05, 4.69) is 25.3 Å². The zero-order valence-electron chi connectivity index (χ0n) is 20.0. The minimum atomic E-state index is -3.38. The number of hydrogen-bond donors (Lipinski definition) is 4. The first-order valence-electron chi connectivity index (χ1n) is 11.3. The maximum absolute atomic E-state index is 12.8. The molecule has 4 N–H and O–H groups in total. The highest BCUT2D eigenvalue weighted by Crippen LogP contribution is 2.27. The van der Waals surface area contributed by atoms with Crippen LogP contribution in [0.25, 0.3) is 11.3 Å². The molecule has 194 valence electrons. The van der Waals surface area contributed by atoms with E-state index < -0.39 is 28.4 Å². The molecule has 1 aliphatic heterocycles. The number of nitrogens with one attached hydrogen (secondary N) is 3. The van der Waals surface area contributed by atoms with Gasteiger partial charge in [-0.3, -0.25) is 14.3 Å². The number of sulfonamides is 1. The molecule has 0 unspecified atom stereocenters. The fraction of sp³-hybridized carbons (Fsp3) is 0.250. The molecule has 1 aromatic heterocycles. The zero-order chi connectivity index (χ0) is 26.4. The first-order valence-corrected chi connectivity index (χ1v) is 13.2. The van der Waals surface area contributed by atoms with Crippen molar-refractivity contribution in [1.29, 1.82) is 0 Å². The van der Waals surface area contributed by atoms with Gasteiger partial charge in [-0.1, -0.05) is 12.1 Å². The molecule has 1 saturated heterocycles. The number of hydrogen-bond acceptors (Lipinski definition) is 9. The molecule has 0 saturated carbocycles. The van der Waals surface area contributed by atoms with Gasteiger partial charge in [0.05, 0.1) is 30.7 Å². The summed E-state index contributed by atoms with van der Waals surface area (Å²) < 4.78 is 30.6. The lowest BCUT2D eigenvalue weighted by Gasteiger charge is -2.30. The molecular formula is C24H26N6O6S. The molecule has 0 aliphatic carbocycles. The summed E-state index contributed by atoms with van der Waals surface area (Å²) in [5.41, 5.74) is 3.33. The van der Waals surface area contributed by atoms with Crippen LogP contribution in [0.5, 0.6) is 0 Å². The van der Waals surface area contributed by atoms with Crippen molar-refractivity contribution in [2.24, 2.45) is 0 Å². The molecule has 1 fully saturated rings. The van der Waals surface area contributed by atoms with Gasteiger partial charge in [-0.05, 0) is 36.4 Å². The lowest BCUT2D eigenvalue weighted by Crippen LogP contribution is -2.38. The normalized spacial score (nSPS) is 13.6. The Morgan fingerprint density at radius 1 is 1.05 bits per heavy atom. The Morgan fingerprint density at radius 3 is 2.43 bits per heavy atom.